The first-order valence-corrected chi connectivity index (χ1v) is 5.55. The SMILES string of the molecule is Cc1cc(CNCC2CCOCC2)on1. The van der Waals surface area contributed by atoms with Crippen LogP contribution in [0.3, 0.4) is 0 Å². The Morgan fingerprint density at radius 3 is 2.93 bits per heavy atom. The lowest BCUT2D eigenvalue weighted by Gasteiger charge is -2.21. The van der Waals surface area contributed by atoms with Gasteiger partial charge in [0.15, 0.2) is 5.76 Å². The normalized spacial score (nSPS) is 18.2. The quantitative estimate of drug-likeness (QED) is 0.818. The summed E-state index contributed by atoms with van der Waals surface area (Å²) in [7, 11) is 0. The lowest BCUT2D eigenvalue weighted by atomic mass is 10.0. The number of hydrogen-bond acceptors (Lipinski definition) is 4. The summed E-state index contributed by atoms with van der Waals surface area (Å²) in [4.78, 5) is 0. The third-order valence-corrected chi connectivity index (χ3v) is 2.75. The number of nitrogens with one attached hydrogen (secondary N) is 1. The van der Waals surface area contributed by atoms with Crippen molar-refractivity contribution in [1.29, 1.82) is 0 Å². The summed E-state index contributed by atoms with van der Waals surface area (Å²) in [6.45, 7) is 5.58. The van der Waals surface area contributed by atoms with Gasteiger partial charge in [-0.3, -0.25) is 0 Å². The molecule has 0 atom stereocenters. The van der Waals surface area contributed by atoms with E-state index >= 15 is 0 Å². The number of aryl methyl sites for hydroxylation is 1. The molecule has 2 heterocycles. The van der Waals surface area contributed by atoms with Crippen LogP contribution in [0, 0.1) is 12.8 Å². The second-order valence-electron chi connectivity index (χ2n) is 4.12. The van der Waals surface area contributed by atoms with E-state index in [-0.39, 0.29) is 0 Å². The van der Waals surface area contributed by atoms with Crippen molar-refractivity contribution >= 4 is 0 Å². The highest BCUT2D eigenvalue weighted by atomic mass is 16.5. The van der Waals surface area contributed by atoms with E-state index in [9.17, 15) is 0 Å². The molecule has 1 aromatic rings. The lowest BCUT2D eigenvalue weighted by Crippen LogP contribution is -2.27. The maximum Gasteiger partial charge on any atom is 0.150 e. The highest BCUT2D eigenvalue weighted by Crippen LogP contribution is 2.13. The minimum atomic E-state index is 0.753. The molecular weight excluding hydrogens is 192 g/mol. The first-order valence-electron chi connectivity index (χ1n) is 5.55. The van der Waals surface area contributed by atoms with Crippen LogP contribution in [-0.4, -0.2) is 24.9 Å². The first-order chi connectivity index (χ1) is 7.34. The molecule has 84 valence electrons. The van der Waals surface area contributed by atoms with Crippen LogP contribution in [0.4, 0.5) is 0 Å². The standard InChI is InChI=1S/C11H18N2O2/c1-9-6-11(15-13-9)8-12-7-10-2-4-14-5-3-10/h6,10,12H,2-5,7-8H2,1H3. The van der Waals surface area contributed by atoms with Crippen molar-refractivity contribution in [1.82, 2.24) is 10.5 Å². The van der Waals surface area contributed by atoms with E-state index in [0.29, 0.717) is 0 Å². The zero-order valence-electron chi connectivity index (χ0n) is 9.16. The van der Waals surface area contributed by atoms with Gasteiger partial charge < -0.3 is 14.6 Å². The van der Waals surface area contributed by atoms with Crippen molar-refractivity contribution in [2.24, 2.45) is 5.92 Å². The van der Waals surface area contributed by atoms with Crippen LogP contribution in [0.1, 0.15) is 24.3 Å². The molecule has 1 fully saturated rings. The molecule has 4 heteroatoms. The van der Waals surface area contributed by atoms with Crippen LogP contribution in [0.5, 0.6) is 0 Å². The van der Waals surface area contributed by atoms with Gasteiger partial charge in [-0.2, -0.15) is 0 Å². The number of aromatic nitrogens is 1. The first kappa shape index (κ1) is 10.6. The molecule has 0 unspecified atom stereocenters. The minimum absolute atomic E-state index is 0.753. The molecule has 1 N–H and O–H groups in total. The van der Waals surface area contributed by atoms with E-state index in [1.165, 1.54) is 12.8 Å². The number of ether oxygens (including phenoxy) is 1. The van der Waals surface area contributed by atoms with E-state index in [1.54, 1.807) is 0 Å². The van der Waals surface area contributed by atoms with Gasteiger partial charge in [-0.1, -0.05) is 5.16 Å². The summed E-state index contributed by atoms with van der Waals surface area (Å²) < 4.78 is 10.4. The topological polar surface area (TPSA) is 47.3 Å². The van der Waals surface area contributed by atoms with Crippen LogP contribution in [0.25, 0.3) is 0 Å². The molecule has 0 spiro atoms. The monoisotopic (exact) mass is 210 g/mol. The van der Waals surface area contributed by atoms with Gasteiger partial charge in [0.25, 0.3) is 0 Å². The summed E-state index contributed by atoms with van der Waals surface area (Å²) in [5.74, 6) is 1.67. The van der Waals surface area contributed by atoms with Crippen molar-refractivity contribution in [3.05, 3.63) is 17.5 Å². The van der Waals surface area contributed by atoms with Crippen LogP contribution in [0.2, 0.25) is 0 Å². The molecule has 0 radical (unpaired) electrons. The van der Waals surface area contributed by atoms with Gasteiger partial charge in [0.1, 0.15) is 0 Å². The Balaban J connectivity index is 1.65. The van der Waals surface area contributed by atoms with E-state index in [4.69, 9.17) is 9.26 Å². The maximum absolute atomic E-state index is 5.31. The zero-order valence-corrected chi connectivity index (χ0v) is 9.16. The molecule has 0 amide bonds. The van der Waals surface area contributed by atoms with Crippen molar-refractivity contribution < 1.29 is 9.26 Å². The largest absolute Gasteiger partial charge is 0.381 e. The van der Waals surface area contributed by atoms with Gasteiger partial charge in [0.2, 0.25) is 0 Å². The van der Waals surface area contributed by atoms with E-state index in [2.05, 4.69) is 10.5 Å². The summed E-state index contributed by atoms with van der Waals surface area (Å²) in [6.07, 6.45) is 2.34. The van der Waals surface area contributed by atoms with Gasteiger partial charge in [-0.05, 0) is 32.2 Å². The predicted octanol–water partition coefficient (Wildman–Crippen LogP) is 1.50. The van der Waals surface area contributed by atoms with Gasteiger partial charge in [-0.25, -0.2) is 0 Å². The predicted molar refractivity (Wildman–Crippen MR) is 56.5 cm³/mol. The Labute approximate surface area is 90.0 Å². The summed E-state index contributed by atoms with van der Waals surface area (Å²) >= 11 is 0. The summed E-state index contributed by atoms with van der Waals surface area (Å²) in [5.41, 5.74) is 0.942. The van der Waals surface area contributed by atoms with E-state index in [0.717, 1.165) is 43.7 Å². The van der Waals surface area contributed by atoms with Gasteiger partial charge >= 0.3 is 0 Å². The Morgan fingerprint density at radius 2 is 2.27 bits per heavy atom. The fourth-order valence-corrected chi connectivity index (χ4v) is 1.85. The Kier molecular flexibility index (Phi) is 3.75. The van der Waals surface area contributed by atoms with E-state index in [1.807, 2.05) is 13.0 Å². The van der Waals surface area contributed by atoms with E-state index < -0.39 is 0 Å². The fourth-order valence-electron chi connectivity index (χ4n) is 1.85. The number of nitrogens with zero attached hydrogens (tertiary/aromatic N) is 1. The van der Waals surface area contributed by atoms with Crippen molar-refractivity contribution in [2.75, 3.05) is 19.8 Å². The fraction of sp³-hybridized carbons (Fsp3) is 0.727. The number of rotatable bonds is 4. The zero-order chi connectivity index (χ0) is 10.5. The molecule has 4 nitrogen and oxygen atoms in total. The molecular formula is C11H18N2O2. The van der Waals surface area contributed by atoms with Crippen LogP contribution < -0.4 is 5.32 Å². The average molecular weight is 210 g/mol. The maximum atomic E-state index is 5.31. The average Bonchev–Trinajstić information content (AvgIpc) is 2.66. The summed E-state index contributed by atoms with van der Waals surface area (Å²) in [5, 5.41) is 7.24. The third-order valence-electron chi connectivity index (χ3n) is 2.75. The molecule has 0 saturated carbocycles. The molecule has 0 aliphatic carbocycles. The van der Waals surface area contributed by atoms with Crippen molar-refractivity contribution in [3.8, 4) is 0 Å². The molecule has 1 aliphatic heterocycles. The highest BCUT2D eigenvalue weighted by Gasteiger charge is 2.13. The lowest BCUT2D eigenvalue weighted by molar-refractivity contribution is 0.0661. The number of hydrogen-bond donors (Lipinski definition) is 1. The molecule has 0 bridgehead atoms. The molecule has 1 aliphatic rings. The van der Waals surface area contributed by atoms with Crippen molar-refractivity contribution in [3.63, 3.8) is 0 Å². The molecule has 0 aromatic carbocycles. The van der Waals surface area contributed by atoms with Gasteiger partial charge in [-0.15, -0.1) is 0 Å². The summed E-state index contributed by atoms with van der Waals surface area (Å²) in [6, 6.07) is 1.97. The Hall–Kier alpha value is -0.870. The van der Waals surface area contributed by atoms with Gasteiger partial charge in [0, 0.05) is 19.3 Å². The van der Waals surface area contributed by atoms with Crippen LogP contribution in [0.15, 0.2) is 10.6 Å². The second-order valence-corrected chi connectivity index (χ2v) is 4.12. The van der Waals surface area contributed by atoms with Crippen LogP contribution >= 0.6 is 0 Å². The van der Waals surface area contributed by atoms with Gasteiger partial charge in [0.05, 0.1) is 12.2 Å². The highest BCUT2D eigenvalue weighted by molar-refractivity contribution is 5.02. The minimum Gasteiger partial charge on any atom is -0.381 e. The van der Waals surface area contributed by atoms with Crippen molar-refractivity contribution in [2.45, 2.75) is 26.3 Å². The second kappa shape index (κ2) is 5.28. The van der Waals surface area contributed by atoms with Crippen LogP contribution in [-0.2, 0) is 11.3 Å². The molecule has 1 saturated heterocycles. The third kappa shape index (κ3) is 3.32. The Morgan fingerprint density at radius 1 is 1.47 bits per heavy atom. The Bertz CT molecular complexity index is 293. The molecule has 15 heavy (non-hydrogen) atoms. The smallest absolute Gasteiger partial charge is 0.150 e. The molecule has 2 rings (SSSR count). The molecule has 1 aromatic heterocycles.